The Kier molecular flexibility index (Phi) is 6.16. The smallest absolute Gasteiger partial charge is 0.188 e. The summed E-state index contributed by atoms with van der Waals surface area (Å²) in [4.78, 5) is 0. The molecule has 0 bridgehead atoms. The van der Waals surface area contributed by atoms with Crippen LogP contribution >= 0.6 is 15.9 Å². The van der Waals surface area contributed by atoms with Gasteiger partial charge in [0.15, 0.2) is 6.79 Å². The highest BCUT2D eigenvalue weighted by Crippen LogP contribution is 2.31. The molecular weight excluding hydrogens is 292 g/mol. The zero-order chi connectivity index (χ0) is 13.5. The summed E-state index contributed by atoms with van der Waals surface area (Å²) in [6.07, 6.45) is 0. The fraction of sp³-hybridized carbons (Fsp3) is 0.333. The molecule has 2 aromatic carbocycles. The molecule has 0 aromatic heterocycles. The maximum atomic E-state index is 5.43. The highest BCUT2D eigenvalue weighted by Gasteiger charge is 2.04. The normalized spacial score (nSPS) is 9.83. The Labute approximate surface area is 117 Å². The van der Waals surface area contributed by atoms with Gasteiger partial charge in [0, 0.05) is 11.6 Å². The van der Waals surface area contributed by atoms with Crippen LogP contribution in [0.3, 0.4) is 0 Å². The van der Waals surface area contributed by atoms with Crippen molar-refractivity contribution < 1.29 is 9.47 Å². The van der Waals surface area contributed by atoms with E-state index in [2.05, 4.69) is 35.0 Å². The van der Waals surface area contributed by atoms with Gasteiger partial charge in [0.1, 0.15) is 5.75 Å². The van der Waals surface area contributed by atoms with E-state index in [1.807, 2.05) is 32.0 Å². The molecule has 0 N–H and O–H groups in total. The summed E-state index contributed by atoms with van der Waals surface area (Å²) in [5.41, 5.74) is 1.25. The van der Waals surface area contributed by atoms with Crippen molar-refractivity contribution in [1.82, 2.24) is 0 Å². The molecule has 18 heavy (non-hydrogen) atoms. The first-order valence-corrected chi connectivity index (χ1v) is 6.82. The van der Waals surface area contributed by atoms with E-state index in [-0.39, 0.29) is 6.79 Å². The minimum atomic E-state index is 0.268. The third kappa shape index (κ3) is 3.47. The van der Waals surface area contributed by atoms with Crippen molar-refractivity contribution in [3.05, 3.63) is 40.4 Å². The van der Waals surface area contributed by atoms with Gasteiger partial charge >= 0.3 is 0 Å². The Morgan fingerprint density at radius 1 is 1.17 bits per heavy atom. The third-order valence-corrected chi connectivity index (χ3v) is 3.08. The molecule has 3 heteroatoms. The van der Waals surface area contributed by atoms with E-state index in [4.69, 9.17) is 9.47 Å². The second kappa shape index (κ2) is 7.39. The highest BCUT2D eigenvalue weighted by atomic mass is 79.9. The molecule has 0 unspecified atom stereocenters. The summed E-state index contributed by atoms with van der Waals surface area (Å²) in [5, 5.41) is 2.40. The molecule has 0 aliphatic rings. The second-order valence-electron chi connectivity index (χ2n) is 3.63. The Morgan fingerprint density at radius 2 is 1.89 bits per heavy atom. The predicted octanol–water partition coefficient (Wildman–Crippen LogP) is 4.92. The monoisotopic (exact) mass is 310 g/mol. The molecule has 0 saturated heterocycles. The van der Waals surface area contributed by atoms with Crippen LogP contribution in [0.25, 0.3) is 10.8 Å². The second-order valence-corrected chi connectivity index (χ2v) is 4.48. The molecule has 0 amide bonds. The number of methoxy groups -OCH3 is 1. The van der Waals surface area contributed by atoms with Crippen molar-refractivity contribution in [2.45, 2.75) is 20.8 Å². The first-order chi connectivity index (χ1) is 8.72. The van der Waals surface area contributed by atoms with Crippen LogP contribution in [-0.4, -0.2) is 13.9 Å². The first kappa shape index (κ1) is 15.0. The molecule has 0 saturated carbocycles. The van der Waals surface area contributed by atoms with E-state index >= 15 is 0 Å². The summed E-state index contributed by atoms with van der Waals surface area (Å²) in [5.74, 6) is 0.812. The fourth-order valence-electron chi connectivity index (χ4n) is 1.74. The Bertz CT molecular complexity index is 509. The van der Waals surface area contributed by atoms with Gasteiger partial charge in [-0.1, -0.05) is 48.0 Å². The number of ether oxygens (including phenoxy) is 2. The van der Waals surface area contributed by atoms with Crippen LogP contribution in [0.15, 0.2) is 34.8 Å². The van der Waals surface area contributed by atoms with E-state index in [0.717, 1.165) is 10.2 Å². The van der Waals surface area contributed by atoms with Gasteiger partial charge in [-0.15, -0.1) is 0 Å². The molecule has 0 aliphatic carbocycles. The van der Waals surface area contributed by atoms with Crippen LogP contribution in [-0.2, 0) is 4.74 Å². The summed E-state index contributed by atoms with van der Waals surface area (Å²) >= 11 is 3.57. The lowest BCUT2D eigenvalue weighted by Gasteiger charge is -2.09. The van der Waals surface area contributed by atoms with Gasteiger partial charge in [0.25, 0.3) is 0 Å². The maximum Gasteiger partial charge on any atom is 0.188 e. The number of hydrogen-bond acceptors (Lipinski definition) is 2. The molecule has 98 valence electrons. The van der Waals surface area contributed by atoms with Crippen LogP contribution < -0.4 is 4.74 Å². The van der Waals surface area contributed by atoms with Crippen LogP contribution in [0.4, 0.5) is 0 Å². The molecule has 2 rings (SSSR count). The molecule has 0 atom stereocenters. The predicted molar refractivity (Wildman–Crippen MR) is 80.2 cm³/mol. The van der Waals surface area contributed by atoms with Crippen LogP contribution in [0, 0.1) is 6.92 Å². The van der Waals surface area contributed by atoms with E-state index in [0.29, 0.717) is 0 Å². The van der Waals surface area contributed by atoms with Crippen molar-refractivity contribution in [2.24, 2.45) is 0 Å². The molecule has 0 heterocycles. The van der Waals surface area contributed by atoms with Crippen molar-refractivity contribution in [3.8, 4) is 5.75 Å². The van der Waals surface area contributed by atoms with E-state index in [1.54, 1.807) is 7.11 Å². The molecule has 0 fully saturated rings. The number of fused-ring (bicyclic) bond motifs is 1. The highest BCUT2D eigenvalue weighted by molar-refractivity contribution is 9.10. The largest absolute Gasteiger partial charge is 0.468 e. The third-order valence-electron chi connectivity index (χ3n) is 2.45. The standard InChI is InChI=1S/C13H13BrO2.C2H6/c1-9-4-3-5-10-6-11(16-8-15-2)7-12(14)13(9)10;1-2/h3-7H,8H2,1-2H3;1-2H3. The average Bonchev–Trinajstić information content (AvgIpc) is 2.38. The molecular formula is C15H19BrO2. The average molecular weight is 311 g/mol. The van der Waals surface area contributed by atoms with Crippen molar-refractivity contribution in [1.29, 1.82) is 0 Å². The zero-order valence-corrected chi connectivity index (χ0v) is 12.9. The molecule has 0 radical (unpaired) electrons. The van der Waals surface area contributed by atoms with Crippen molar-refractivity contribution in [2.75, 3.05) is 13.9 Å². The fourth-order valence-corrected chi connectivity index (χ4v) is 2.51. The van der Waals surface area contributed by atoms with Gasteiger partial charge in [-0.3, -0.25) is 0 Å². The van der Waals surface area contributed by atoms with E-state index in [1.165, 1.54) is 16.3 Å². The van der Waals surface area contributed by atoms with E-state index in [9.17, 15) is 0 Å². The topological polar surface area (TPSA) is 18.5 Å². The van der Waals surface area contributed by atoms with Gasteiger partial charge in [0.2, 0.25) is 0 Å². The number of aryl methyl sites for hydroxylation is 1. The first-order valence-electron chi connectivity index (χ1n) is 6.03. The summed E-state index contributed by atoms with van der Waals surface area (Å²) in [6, 6.07) is 10.2. The van der Waals surface area contributed by atoms with Crippen molar-refractivity contribution >= 4 is 26.7 Å². The SMILES string of the molecule is CC.COCOc1cc(Br)c2c(C)cccc2c1. The Hall–Kier alpha value is -1.06. The maximum absolute atomic E-state index is 5.43. The van der Waals surface area contributed by atoms with Gasteiger partial charge in [-0.2, -0.15) is 0 Å². The minimum Gasteiger partial charge on any atom is -0.468 e. The number of halogens is 1. The number of hydrogen-bond donors (Lipinski definition) is 0. The van der Waals surface area contributed by atoms with Crippen molar-refractivity contribution in [3.63, 3.8) is 0 Å². The zero-order valence-electron chi connectivity index (χ0n) is 11.3. The summed E-state index contributed by atoms with van der Waals surface area (Å²) in [6.45, 7) is 6.37. The van der Waals surface area contributed by atoms with Gasteiger partial charge in [-0.05, 0) is 35.4 Å². The Balaban J connectivity index is 0.000000771. The molecule has 0 spiro atoms. The van der Waals surface area contributed by atoms with Gasteiger partial charge in [-0.25, -0.2) is 0 Å². The molecule has 0 aliphatic heterocycles. The number of benzene rings is 2. The van der Waals surface area contributed by atoms with Crippen LogP contribution in [0.5, 0.6) is 5.75 Å². The molecule has 2 aromatic rings. The lowest BCUT2D eigenvalue weighted by Crippen LogP contribution is -1.98. The minimum absolute atomic E-state index is 0.268. The summed E-state index contributed by atoms with van der Waals surface area (Å²) < 4.78 is 11.4. The Morgan fingerprint density at radius 3 is 2.56 bits per heavy atom. The van der Waals surface area contributed by atoms with E-state index < -0.39 is 0 Å². The lowest BCUT2D eigenvalue weighted by atomic mass is 10.1. The lowest BCUT2D eigenvalue weighted by molar-refractivity contribution is 0.0512. The van der Waals surface area contributed by atoms with Gasteiger partial charge < -0.3 is 9.47 Å². The summed E-state index contributed by atoms with van der Waals surface area (Å²) in [7, 11) is 1.61. The number of rotatable bonds is 3. The van der Waals surface area contributed by atoms with Crippen LogP contribution in [0.1, 0.15) is 19.4 Å². The van der Waals surface area contributed by atoms with Gasteiger partial charge in [0.05, 0.1) is 0 Å². The quantitative estimate of drug-likeness (QED) is 0.749. The molecule has 2 nitrogen and oxygen atoms in total. The van der Waals surface area contributed by atoms with Crippen LogP contribution in [0.2, 0.25) is 0 Å².